The van der Waals surface area contributed by atoms with Gasteiger partial charge >= 0.3 is 0 Å². The Kier molecular flexibility index (Phi) is 4.89. The number of primary amides is 1. The van der Waals surface area contributed by atoms with Gasteiger partial charge in [-0.15, -0.1) is 0 Å². The second-order valence-corrected chi connectivity index (χ2v) is 5.41. The number of hydrogen-bond acceptors (Lipinski definition) is 3. The molecule has 0 aromatic heterocycles. The van der Waals surface area contributed by atoms with Gasteiger partial charge in [-0.25, -0.2) is 4.39 Å². The maximum atomic E-state index is 14.0. The molecule has 5 heteroatoms. The van der Waals surface area contributed by atoms with Crippen molar-refractivity contribution in [1.82, 2.24) is 0 Å². The fourth-order valence-electron chi connectivity index (χ4n) is 1.87. The molecule has 0 aliphatic rings. The van der Waals surface area contributed by atoms with Crippen LogP contribution in [-0.2, 0) is 0 Å². The topological polar surface area (TPSA) is 72.3 Å². The van der Waals surface area contributed by atoms with E-state index in [1.165, 1.54) is 6.07 Å². The molecule has 0 aliphatic heterocycles. The largest absolute Gasteiger partial charge is 0.369 e. The second-order valence-electron chi connectivity index (χ2n) is 5.41. The van der Waals surface area contributed by atoms with Crippen molar-refractivity contribution in [1.29, 1.82) is 0 Å². The number of carbonyl (C=O) groups is 1. The van der Waals surface area contributed by atoms with E-state index in [-0.39, 0.29) is 11.0 Å². The van der Waals surface area contributed by atoms with Crippen LogP contribution in [0, 0.1) is 11.2 Å². The molecular weight excluding hydrogens is 245 g/mol. The average molecular weight is 267 g/mol. The van der Waals surface area contributed by atoms with Crippen LogP contribution in [0.1, 0.15) is 31.1 Å². The molecule has 0 radical (unpaired) electrons. The van der Waals surface area contributed by atoms with Gasteiger partial charge in [0.1, 0.15) is 5.82 Å². The molecule has 1 aromatic carbocycles. The van der Waals surface area contributed by atoms with Crippen molar-refractivity contribution in [2.24, 2.45) is 16.9 Å². The van der Waals surface area contributed by atoms with Crippen LogP contribution < -0.4 is 16.4 Å². The van der Waals surface area contributed by atoms with Crippen LogP contribution in [0.4, 0.5) is 10.1 Å². The molecule has 0 fully saturated rings. The molecule has 1 aromatic rings. The third kappa shape index (κ3) is 3.92. The monoisotopic (exact) mass is 267 g/mol. The minimum absolute atomic E-state index is 0.106. The van der Waals surface area contributed by atoms with E-state index in [2.05, 4.69) is 0 Å². The lowest BCUT2D eigenvalue weighted by atomic mass is 9.93. The van der Waals surface area contributed by atoms with E-state index in [4.69, 9.17) is 11.5 Å². The fraction of sp³-hybridized carbons (Fsp3) is 0.500. The predicted molar refractivity (Wildman–Crippen MR) is 75.6 cm³/mol. The molecule has 0 aliphatic carbocycles. The van der Waals surface area contributed by atoms with E-state index in [9.17, 15) is 9.18 Å². The van der Waals surface area contributed by atoms with Gasteiger partial charge in [-0.3, -0.25) is 4.79 Å². The number of amides is 1. The van der Waals surface area contributed by atoms with E-state index in [0.29, 0.717) is 25.3 Å². The van der Waals surface area contributed by atoms with Crippen molar-refractivity contribution >= 4 is 11.6 Å². The number of nitrogens with two attached hydrogens (primary N) is 2. The van der Waals surface area contributed by atoms with E-state index in [1.807, 2.05) is 25.7 Å². The maximum Gasteiger partial charge on any atom is 0.248 e. The van der Waals surface area contributed by atoms with Gasteiger partial charge < -0.3 is 16.4 Å². The first-order valence-corrected chi connectivity index (χ1v) is 6.35. The van der Waals surface area contributed by atoms with Crippen molar-refractivity contribution in [2.75, 3.05) is 24.5 Å². The van der Waals surface area contributed by atoms with Crippen molar-refractivity contribution in [3.8, 4) is 0 Å². The van der Waals surface area contributed by atoms with E-state index in [1.54, 1.807) is 12.1 Å². The number of nitrogens with zero attached hydrogens (tertiary/aromatic N) is 1. The maximum absolute atomic E-state index is 14.0. The quantitative estimate of drug-likeness (QED) is 0.824. The average Bonchev–Trinajstić information content (AvgIpc) is 2.36. The Hall–Kier alpha value is -1.62. The lowest BCUT2D eigenvalue weighted by molar-refractivity contribution is 0.1000. The molecule has 0 bridgehead atoms. The molecule has 4 nitrogen and oxygen atoms in total. The van der Waals surface area contributed by atoms with E-state index >= 15 is 0 Å². The predicted octanol–water partition coefficient (Wildman–Crippen LogP) is 1.74. The standard InChI is InChI=1S/C14H22FN3O/c1-4-18(9-14(2,3)8-16)12-6-5-10(13(17)19)7-11(12)15/h5-7H,4,8-9,16H2,1-3H3,(H2,17,19). The Morgan fingerprint density at radius 2 is 2.05 bits per heavy atom. The van der Waals surface area contributed by atoms with Gasteiger partial charge in [0.15, 0.2) is 0 Å². The Balaban J connectivity index is 3.02. The number of halogens is 1. The van der Waals surface area contributed by atoms with Crippen LogP contribution in [0.3, 0.4) is 0 Å². The lowest BCUT2D eigenvalue weighted by Gasteiger charge is -2.32. The van der Waals surface area contributed by atoms with Crippen LogP contribution >= 0.6 is 0 Å². The summed E-state index contributed by atoms with van der Waals surface area (Å²) >= 11 is 0. The molecule has 0 saturated carbocycles. The highest BCUT2D eigenvalue weighted by molar-refractivity contribution is 5.93. The highest BCUT2D eigenvalue weighted by Crippen LogP contribution is 2.24. The molecule has 19 heavy (non-hydrogen) atoms. The van der Waals surface area contributed by atoms with Gasteiger partial charge in [-0.2, -0.15) is 0 Å². The van der Waals surface area contributed by atoms with Gasteiger partial charge in [0.25, 0.3) is 0 Å². The summed E-state index contributed by atoms with van der Waals surface area (Å²) in [5.41, 5.74) is 11.4. The molecule has 0 unspecified atom stereocenters. The summed E-state index contributed by atoms with van der Waals surface area (Å²) in [6.07, 6.45) is 0. The highest BCUT2D eigenvalue weighted by atomic mass is 19.1. The first-order valence-electron chi connectivity index (χ1n) is 6.35. The minimum Gasteiger partial charge on any atom is -0.369 e. The zero-order chi connectivity index (χ0) is 14.6. The first-order chi connectivity index (χ1) is 8.80. The van der Waals surface area contributed by atoms with Crippen LogP contribution in [0.5, 0.6) is 0 Å². The number of rotatable bonds is 6. The summed E-state index contributed by atoms with van der Waals surface area (Å²) in [6.45, 7) is 7.85. The minimum atomic E-state index is -0.629. The number of anilines is 1. The van der Waals surface area contributed by atoms with Gasteiger partial charge in [-0.05, 0) is 37.1 Å². The van der Waals surface area contributed by atoms with Crippen LogP contribution in [0.15, 0.2) is 18.2 Å². The highest BCUT2D eigenvalue weighted by Gasteiger charge is 2.21. The molecule has 0 saturated heterocycles. The number of carbonyl (C=O) groups excluding carboxylic acids is 1. The molecule has 0 heterocycles. The lowest BCUT2D eigenvalue weighted by Crippen LogP contribution is -2.39. The molecule has 0 spiro atoms. The van der Waals surface area contributed by atoms with E-state index < -0.39 is 11.7 Å². The summed E-state index contributed by atoms with van der Waals surface area (Å²) in [7, 11) is 0. The molecular formula is C14H22FN3O. The third-order valence-electron chi connectivity index (χ3n) is 3.13. The summed E-state index contributed by atoms with van der Waals surface area (Å²) in [4.78, 5) is 12.9. The summed E-state index contributed by atoms with van der Waals surface area (Å²) < 4.78 is 14.0. The Labute approximate surface area is 113 Å². The van der Waals surface area contributed by atoms with Gasteiger partial charge in [0.05, 0.1) is 5.69 Å². The van der Waals surface area contributed by atoms with Crippen LogP contribution in [0.2, 0.25) is 0 Å². The number of benzene rings is 1. The van der Waals surface area contributed by atoms with Crippen LogP contribution in [0.25, 0.3) is 0 Å². The smallest absolute Gasteiger partial charge is 0.248 e. The molecule has 1 amide bonds. The molecule has 106 valence electrons. The molecule has 1 rings (SSSR count). The molecule has 4 N–H and O–H groups in total. The summed E-state index contributed by atoms with van der Waals surface area (Å²) in [5.74, 6) is -1.07. The fourth-order valence-corrected chi connectivity index (χ4v) is 1.87. The van der Waals surface area contributed by atoms with Gasteiger partial charge in [0, 0.05) is 18.7 Å². The SMILES string of the molecule is CCN(CC(C)(C)CN)c1ccc(C(N)=O)cc1F. The summed E-state index contributed by atoms with van der Waals surface area (Å²) in [6, 6.07) is 4.31. The number of hydrogen-bond donors (Lipinski definition) is 2. The normalized spacial score (nSPS) is 11.4. The Morgan fingerprint density at radius 3 is 2.47 bits per heavy atom. The van der Waals surface area contributed by atoms with Crippen molar-refractivity contribution < 1.29 is 9.18 Å². The Bertz CT molecular complexity index is 460. The Morgan fingerprint density at radius 1 is 1.42 bits per heavy atom. The third-order valence-corrected chi connectivity index (χ3v) is 3.13. The van der Waals surface area contributed by atoms with E-state index in [0.717, 1.165) is 0 Å². The molecule has 0 atom stereocenters. The second kappa shape index (κ2) is 6.02. The zero-order valence-electron chi connectivity index (χ0n) is 11.7. The van der Waals surface area contributed by atoms with Crippen molar-refractivity contribution in [2.45, 2.75) is 20.8 Å². The first kappa shape index (κ1) is 15.4. The van der Waals surface area contributed by atoms with Crippen molar-refractivity contribution in [3.05, 3.63) is 29.6 Å². The van der Waals surface area contributed by atoms with Crippen molar-refractivity contribution in [3.63, 3.8) is 0 Å². The van der Waals surface area contributed by atoms with Gasteiger partial charge in [-0.1, -0.05) is 13.8 Å². The van der Waals surface area contributed by atoms with Gasteiger partial charge in [0.2, 0.25) is 5.91 Å². The summed E-state index contributed by atoms with van der Waals surface area (Å²) in [5, 5.41) is 0. The van der Waals surface area contributed by atoms with Crippen LogP contribution in [-0.4, -0.2) is 25.5 Å². The zero-order valence-corrected chi connectivity index (χ0v) is 11.7.